The lowest BCUT2D eigenvalue weighted by atomic mass is 9.94. The van der Waals surface area contributed by atoms with E-state index in [4.69, 9.17) is 14.4 Å². The van der Waals surface area contributed by atoms with E-state index in [1.165, 1.54) is 16.3 Å². The van der Waals surface area contributed by atoms with Gasteiger partial charge in [0, 0.05) is 27.1 Å². The standard InChI is InChI=1S/C29H24N2O/c1-17(2)16-20-9-6-8-19-14-15-23-27(30-18(3)31-28(23)26(19)20)24-12-7-11-22-21-10-4-5-13-25(21)32-29(22)24/h4-15,17H,16H2,1-3H3. The van der Waals surface area contributed by atoms with E-state index in [0.29, 0.717) is 5.92 Å². The largest absolute Gasteiger partial charge is 0.455 e. The highest BCUT2D eigenvalue weighted by Crippen LogP contribution is 2.39. The monoisotopic (exact) mass is 416 g/mol. The zero-order valence-corrected chi connectivity index (χ0v) is 18.5. The van der Waals surface area contributed by atoms with E-state index < -0.39 is 0 Å². The number of hydrogen-bond donors (Lipinski definition) is 0. The number of benzene rings is 4. The maximum Gasteiger partial charge on any atom is 0.144 e. The molecule has 32 heavy (non-hydrogen) atoms. The second kappa shape index (κ2) is 7.16. The first kappa shape index (κ1) is 19.0. The lowest BCUT2D eigenvalue weighted by molar-refractivity contribution is 0.650. The molecule has 4 aromatic carbocycles. The van der Waals surface area contributed by atoms with Gasteiger partial charge in [-0.25, -0.2) is 9.97 Å². The fraction of sp³-hybridized carbons (Fsp3) is 0.172. The summed E-state index contributed by atoms with van der Waals surface area (Å²) in [5.41, 5.74) is 6.08. The maximum atomic E-state index is 6.33. The first-order valence-electron chi connectivity index (χ1n) is 11.2. The predicted molar refractivity (Wildman–Crippen MR) is 133 cm³/mol. The number of rotatable bonds is 3. The van der Waals surface area contributed by atoms with Crippen LogP contribution >= 0.6 is 0 Å². The van der Waals surface area contributed by atoms with Crippen molar-refractivity contribution in [2.24, 2.45) is 5.92 Å². The highest BCUT2D eigenvalue weighted by molar-refractivity contribution is 6.14. The zero-order valence-electron chi connectivity index (χ0n) is 18.5. The highest BCUT2D eigenvalue weighted by atomic mass is 16.3. The van der Waals surface area contributed by atoms with Crippen molar-refractivity contribution >= 4 is 43.6 Å². The molecule has 0 amide bonds. The molecular formula is C29H24N2O. The van der Waals surface area contributed by atoms with Crippen molar-refractivity contribution in [3.05, 3.63) is 84.2 Å². The van der Waals surface area contributed by atoms with Crippen LogP contribution in [0.1, 0.15) is 25.2 Å². The topological polar surface area (TPSA) is 38.9 Å². The molecule has 0 fully saturated rings. The van der Waals surface area contributed by atoms with Crippen LogP contribution < -0.4 is 0 Å². The number of furan rings is 1. The van der Waals surface area contributed by atoms with Gasteiger partial charge in [-0.05, 0) is 48.4 Å². The van der Waals surface area contributed by atoms with Crippen molar-refractivity contribution in [3.8, 4) is 11.3 Å². The molecule has 3 heteroatoms. The summed E-state index contributed by atoms with van der Waals surface area (Å²) in [6, 6.07) is 25.4. The molecular weight excluding hydrogens is 392 g/mol. The van der Waals surface area contributed by atoms with Gasteiger partial charge in [-0.2, -0.15) is 0 Å². The summed E-state index contributed by atoms with van der Waals surface area (Å²) in [7, 11) is 0. The van der Waals surface area contributed by atoms with Gasteiger partial charge in [-0.3, -0.25) is 0 Å². The Hall–Kier alpha value is -3.72. The first-order chi connectivity index (χ1) is 15.6. The molecule has 0 N–H and O–H groups in total. The maximum absolute atomic E-state index is 6.33. The van der Waals surface area contributed by atoms with Crippen LogP contribution in [0.15, 0.2) is 77.2 Å². The van der Waals surface area contributed by atoms with E-state index >= 15 is 0 Å². The van der Waals surface area contributed by atoms with Crippen LogP contribution in [0.5, 0.6) is 0 Å². The van der Waals surface area contributed by atoms with Gasteiger partial charge in [0.15, 0.2) is 0 Å². The van der Waals surface area contributed by atoms with E-state index in [9.17, 15) is 0 Å². The Kier molecular flexibility index (Phi) is 4.25. The van der Waals surface area contributed by atoms with Crippen LogP contribution in [0.3, 0.4) is 0 Å². The van der Waals surface area contributed by atoms with Gasteiger partial charge in [0.2, 0.25) is 0 Å². The van der Waals surface area contributed by atoms with Crippen molar-refractivity contribution in [2.45, 2.75) is 27.2 Å². The van der Waals surface area contributed by atoms with E-state index in [1.807, 2.05) is 19.1 Å². The fourth-order valence-electron chi connectivity index (χ4n) is 4.90. The molecule has 0 spiro atoms. The quantitative estimate of drug-likeness (QED) is 0.276. The molecule has 2 heterocycles. The Morgan fingerprint density at radius 2 is 1.59 bits per heavy atom. The molecule has 6 rings (SSSR count). The summed E-state index contributed by atoms with van der Waals surface area (Å²) in [6.45, 7) is 6.50. The number of hydrogen-bond acceptors (Lipinski definition) is 3. The van der Waals surface area contributed by atoms with Crippen molar-refractivity contribution in [1.82, 2.24) is 9.97 Å². The number of para-hydroxylation sites is 2. The average Bonchev–Trinajstić information content (AvgIpc) is 3.17. The average molecular weight is 417 g/mol. The summed E-state index contributed by atoms with van der Waals surface area (Å²) < 4.78 is 6.33. The predicted octanol–water partition coefficient (Wildman–Crippen LogP) is 7.86. The van der Waals surface area contributed by atoms with Crippen molar-refractivity contribution in [1.29, 1.82) is 0 Å². The third kappa shape index (κ3) is 2.89. The van der Waals surface area contributed by atoms with E-state index in [-0.39, 0.29) is 0 Å². The molecule has 3 nitrogen and oxygen atoms in total. The van der Waals surface area contributed by atoms with E-state index in [0.717, 1.165) is 56.3 Å². The molecule has 0 saturated heterocycles. The Labute approximate surface area is 186 Å². The minimum Gasteiger partial charge on any atom is -0.455 e. The first-order valence-corrected chi connectivity index (χ1v) is 11.2. The van der Waals surface area contributed by atoms with Gasteiger partial charge in [0.25, 0.3) is 0 Å². The third-order valence-electron chi connectivity index (χ3n) is 6.19. The lowest BCUT2D eigenvalue weighted by Gasteiger charge is -2.14. The SMILES string of the molecule is Cc1nc(-c2cccc3c2oc2ccccc23)c2ccc3cccc(CC(C)C)c3c2n1. The molecule has 0 saturated carbocycles. The molecule has 156 valence electrons. The summed E-state index contributed by atoms with van der Waals surface area (Å²) in [6.07, 6.45) is 1.02. The second-order valence-electron chi connectivity index (χ2n) is 8.97. The van der Waals surface area contributed by atoms with Crippen LogP contribution in [0, 0.1) is 12.8 Å². The number of aryl methyl sites for hydroxylation is 1. The van der Waals surface area contributed by atoms with E-state index in [1.54, 1.807) is 0 Å². The van der Waals surface area contributed by atoms with Crippen LogP contribution in [-0.2, 0) is 6.42 Å². The number of fused-ring (bicyclic) bond motifs is 6. The lowest BCUT2D eigenvalue weighted by Crippen LogP contribution is -1.99. The molecule has 0 aliphatic heterocycles. The van der Waals surface area contributed by atoms with Gasteiger partial charge in [-0.1, -0.05) is 68.4 Å². The zero-order chi connectivity index (χ0) is 21.8. The molecule has 0 radical (unpaired) electrons. The van der Waals surface area contributed by atoms with E-state index in [2.05, 4.69) is 74.5 Å². The van der Waals surface area contributed by atoms with Crippen molar-refractivity contribution < 1.29 is 4.42 Å². The van der Waals surface area contributed by atoms with Gasteiger partial charge in [-0.15, -0.1) is 0 Å². The summed E-state index contributed by atoms with van der Waals surface area (Å²) in [4.78, 5) is 9.86. The molecule has 0 aliphatic carbocycles. The minimum absolute atomic E-state index is 0.572. The third-order valence-corrected chi connectivity index (χ3v) is 6.19. The van der Waals surface area contributed by atoms with Crippen LogP contribution in [0.25, 0.3) is 54.9 Å². The van der Waals surface area contributed by atoms with Gasteiger partial charge < -0.3 is 4.42 Å². The Morgan fingerprint density at radius 1 is 0.781 bits per heavy atom. The molecule has 0 unspecified atom stereocenters. The normalized spacial score (nSPS) is 12.0. The van der Waals surface area contributed by atoms with Gasteiger partial charge in [0.05, 0.1) is 11.2 Å². The minimum atomic E-state index is 0.572. The number of aromatic nitrogens is 2. The fourth-order valence-corrected chi connectivity index (χ4v) is 4.90. The summed E-state index contributed by atoms with van der Waals surface area (Å²) in [5, 5.41) is 5.77. The van der Waals surface area contributed by atoms with Gasteiger partial charge >= 0.3 is 0 Å². The smallest absolute Gasteiger partial charge is 0.144 e. The molecule has 6 aromatic rings. The van der Waals surface area contributed by atoms with Crippen LogP contribution in [-0.4, -0.2) is 9.97 Å². The molecule has 2 aromatic heterocycles. The summed E-state index contributed by atoms with van der Waals surface area (Å²) >= 11 is 0. The Morgan fingerprint density at radius 3 is 2.47 bits per heavy atom. The number of nitrogens with zero attached hydrogens (tertiary/aromatic N) is 2. The Bertz CT molecular complexity index is 1640. The molecule has 0 atom stereocenters. The highest BCUT2D eigenvalue weighted by Gasteiger charge is 2.18. The summed E-state index contributed by atoms with van der Waals surface area (Å²) in [5.74, 6) is 1.34. The van der Waals surface area contributed by atoms with Crippen molar-refractivity contribution in [3.63, 3.8) is 0 Å². The van der Waals surface area contributed by atoms with Crippen LogP contribution in [0.2, 0.25) is 0 Å². The van der Waals surface area contributed by atoms with Crippen LogP contribution in [0.4, 0.5) is 0 Å². The van der Waals surface area contributed by atoms with Crippen molar-refractivity contribution in [2.75, 3.05) is 0 Å². The van der Waals surface area contributed by atoms with Gasteiger partial charge in [0.1, 0.15) is 17.0 Å². The molecule has 0 bridgehead atoms. The molecule has 0 aliphatic rings. The second-order valence-corrected chi connectivity index (χ2v) is 8.97. The Balaban J connectivity index is 1.72.